The molecule has 4 rings (SSSR count). The Morgan fingerprint density at radius 3 is 3.25 bits per heavy atom. The van der Waals surface area contributed by atoms with E-state index in [2.05, 4.69) is 45.6 Å². The number of nitrogens with zero attached hydrogens (tertiary/aromatic N) is 1. The molecule has 5 heteroatoms. The molecule has 0 saturated carbocycles. The van der Waals surface area contributed by atoms with Gasteiger partial charge >= 0.3 is 0 Å². The summed E-state index contributed by atoms with van der Waals surface area (Å²) in [6.45, 7) is 2.77. The normalized spacial score (nSPS) is 17.0. The maximum atomic E-state index is 12.4. The van der Waals surface area contributed by atoms with E-state index < -0.39 is 0 Å². The SMILES string of the molecule is Cc1ccc2c(CCNC(=O)C3CCc4cn[nH]c4C3)c[nH]c2c1. The second-order valence-electron chi connectivity index (χ2n) is 6.72. The number of aryl methyl sites for hydroxylation is 2. The lowest BCUT2D eigenvalue weighted by molar-refractivity contribution is -0.125. The molecule has 5 nitrogen and oxygen atoms in total. The summed E-state index contributed by atoms with van der Waals surface area (Å²) >= 11 is 0. The topological polar surface area (TPSA) is 73.6 Å². The Morgan fingerprint density at radius 1 is 1.42 bits per heavy atom. The van der Waals surface area contributed by atoms with Crippen LogP contribution in [-0.4, -0.2) is 27.6 Å². The molecule has 2 aromatic heterocycles. The van der Waals surface area contributed by atoms with Crippen molar-refractivity contribution in [1.29, 1.82) is 0 Å². The molecule has 124 valence electrons. The maximum Gasteiger partial charge on any atom is 0.223 e. The summed E-state index contributed by atoms with van der Waals surface area (Å²) in [5.41, 5.74) is 6.04. The van der Waals surface area contributed by atoms with Gasteiger partial charge in [-0.2, -0.15) is 5.10 Å². The van der Waals surface area contributed by atoms with Crippen LogP contribution in [0.5, 0.6) is 0 Å². The number of hydrogen-bond donors (Lipinski definition) is 3. The number of benzene rings is 1. The summed E-state index contributed by atoms with van der Waals surface area (Å²) in [6, 6.07) is 6.43. The Hall–Kier alpha value is -2.56. The number of H-pyrrole nitrogens is 2. The molecule has 3 aromatic rings. The van der Waals surface area contributed by atoms with Crippen LogP contribution in [-0.2, 0) is 24.1 Å². The van der Waals surface area contributed by atoms with Crippen molar-refractivity contribution in [1.82, 2.24) is 20.5 Å². The van der Waals surface area contributed by atoms with Crippen LogP contribution in [0.3, 0.4) is 0 Å². The van der Waals surface area contributed by atoms with Gasteiger partial charge in [0.15, 0.2) is 0 Å². The minimum absolute atomic E-state index is 0.0589. The van der Waals surface area contributed by atoms with E-state index in [1.54, 1.807) is 0 Å². The Kier molecular flexibility index (Phi) is 3.84. The lowest BCUT2D eigenvalue weighted by Crippen LogP contribution is -2.35. The van der Waals surface area contributed by atoms with Crippen molar-refractivity contribution in [3.63, 3.8) is 0 Å². The predicted molar refractivity (Wildman–Crippen MR) is 93.9 cm³/mol. The molecule has 1 amide bonds. The molecule has 0 radical (unpaired) electrons. The van der Waals surface area contributed by atoms with Crippen molar-refractivity contribution in [3.8, 4) is 0 Å². The van der Waals surface area contributed by atoms with Crippen molar-refractivity contribution in [2.75, 3.05) is 6.54 Å². The van der Waals surface area contributed by atoms with Crippen molar-refractivity contribution in [3.05, 3.63) is 53.0 Å². The zero-order valence-corrected chi connectivity index (χ0v) is 13.9. The monoisotopic (exact) mass is 322 g/mol. The first-order valence-electron chi connectivity index (χ1n) is 8.56. The van der Waals surface area contributed by atoms with Gasteiger partial charge in [0.2, 0.25) is 5.91 Å². The van der Waals surface area contributed by atoms with Crippen LogP contribution in [0, 0.1) is 12.8 Å². The first kappa shape index (κ1) is 15.0. The van der Waals surface area contributed by atoms with Gasteiger partial charge in [0.1, 0.15) is 0 Å². The fourth-order valence-corrected chi connectivity index (χ4v) is 3.60. The quantitative estimate of drug-likeness (QED) is 0.691. The molecule has 1 unspecified atom stereocenters. The molecule has 2 heterocycles. The number of aromatic nitrogens is 3. The molecule has 1 aromatic carbocycles. The molecule has 3 N–H and O–H groups in total. The number of amides is 1. The first-order valence-corrected chi connectivity index (χ1v) is 8.56. The minimum atomic E-state index is 0.0589. The number of carbonyl (C=O) groups is 1. The summed E-state index contributed by atoms with van der Waals surface area (Å²) in [7, 11) is 0. The fraction of sp³-hybridized carbons (Fsp3) is 0.368. The number of fused-ring (bicyclic) bond motifs is 2. The van der Waals surface area contributed by atoms with E-state index in [0.717, 1.165) is 36.9 Å². The van der Waals surface area contributed by atoms with Gasteiger partial charge in [-0.15, -0.1) is 0 Å². The second-order valence-corrected chi connectivity index (χ2v) is 6.72. The van der Waals surface area contributed by atoms with E-state index >= 15 is 0 Å². The van der Waals surface area contributed by atoms with Crippen molar-refractivity contribution >= 4 is 16.8 Å². The third-order valence-electron chi connectivity index (χ3n) is 5.01. The standard InChI is InChI=1S/C19H22N4O/c1-12-2-5-16-14(10-21-18(16)8-12)6-7-20-19(24)13-3-4-15-11-22-23-17(15)9-13/h2,5,8,10-11,13,21H,3-4,6-7,9H2,1H3,(H,20,24)(H,22,23). The Bertz CT molecular complexity index is 877. The Morgan fingerprint density at radius 2 is 2.33 bits per heavy atom. The molecule has 1 aliphatic carbocycles. The maximum absolute atomic E-state index is 12.4. The third-order valence-corrected chi connectivity index (χ3v) is 5.01. The van der Waals surface area contributed by atoms with Gasteiger partial charge < -0.3 is 10.3 Å². The van der Waals surface area contributed by atoms with Crippen LogP contribution in [0.1, 0.15) is 28.8 Å². The van der Waals surface area contributed by atoms with Crippen LogP contribution in [0.25, 0.3) is 10.9 Å². The van der Waals surface area contributed by atoms with Gasteiger partial charge in [-0.25, -0.2) is 0 Å². The summed E-state index contributed by atoms with van der Waals surface area (Å²) in [4.78, 5) is 15.7. The zero-order chi connectivity index (χ0) is 16.5. The summed E-state index contributed by atoms with van der Waals surface area (Å²) in [6.07, 6.45) is 7.39. The van der Waals surface area contributed by atoms with Crippen LogP contribution in [0.15, 0.2) is 30.6 Å². The molecule has 0 aliphatic heterocycles. The number of rotatable bonds is 4. The number of hydrogen-bond acceptors (Lipinski definition) is 2. The van der Waals surface area contributed by atoms with E-state index in [0.29, 0.717) is 6.54 Å². The minimum Gasteiger partial charge on any atom is -0.361 e. The Balaban J connectivity index is 1.34. The average molecular weight is 322 g/mol. The first-order chi connectivity index (χ1) is 11.7. The number of carbonyl (C=O) groups excluding carboxylic acids is 1. The van der Waals surface area contributed by atoms with E-state index in [1.807, 2.05) is 12.4 Å². The van der Waals surface area contributed by atoms with Gasteiger partial charge in [-0.3, -0.25) is 9.89 Å². The molecule has 24 heavy (non-hydrogen) atoms. The van der Waals surface area contributed by atoms with E-state index in [1.165, 1.54) is 22.1 Å². The van der Waals surface area contributed by atoms with E-state index in [4.69, 9.17) is 0 Å². The average Bonchev–Trinajstić information content (AvgIpc) is 3.20. The smallest absolute Gasteiger partial charge is 0.223 e. The van der Waals surface area contributed by atoms with Crippen molar-refractivity contribution in [2.45, 2.75) is 32.6 Å². The van der Waals surface area contributed by atoms with Crippen LogP contribution in [0.2, 0.25) is 0 Å². The van der Waals surface area contributed by atoms with Crippen molar-refractivity contribution < 1.29 is 4.79 Å². The number of nitrogens with one attached hydrogen (secondary N) is 3. The number of aromatic amines is 2. The lowest BCUT2D eigenvalue weighted by Gasteiger charge is -2.20. The third kappa shape index (κ3) is 2.82. The van der Waals surface area contributed by atoms with E-state index in [9.17, 15) is 4.79 Å². The molecule has 1 atom stereocenters. The van der Waals surface area contributed by atoms with Gasteiger partial charge in [-0.1, -0.05) is 12.1 Å². The summed E-state index contributed by atoms with van der Waals surface area (Å²) < 4.78 is 0. The highest BCUT2D eigenvalue weighted by atomic mass is 16.1. The molecule has 0 spiro atoms. The predicted octanol–water partition coefficient (Wildman–Crippen LogP) is 2.66. The van der Waals surface area contributed by atoms with Crippen LogP contribution >= 0.6 is 0 Å². The Labute approximate surface area is 140 Å². The highest BCUT2D eigenvalue weighted by Gasteiger charge is 2.25. The van der Waals surface area contributed by atoms with Gasteiger partial charge in [0, 0.05) is 41.7 Å². The van der Waals surface area contributed by atoms with Crippen LogP contribution in [0.4, 0.5) is 0 Å². The molecular formula is C19H22N4O. The lowest BCUT2D eigenvalue weighted by atomic mass is 9.87. The molecular weight excluding hydrogens is 300 g/mol. The van der Waals surface area contributed by atoms with Crippen molar-refractivity contribution in [2.24, 2.45) is 5.92 Å². The highest BCUT2D eigenvalue weighted by Crippen LogP contribution is 2.24. The molecule has 0 saturated heterocycles. The highest BCUT2D eigenvalue weighted by molar-refractivity contribution is 5.84. The molecule has 0 bridgehead atoms. The van der Waals surface area contributed by atoms with Gasteiger partial charge in [0.05, 0.1) is 6.20 Å². The van der Waals surface area contributed by atoms with E-state index in [-0.39, 0.29) is 11.8 Å². The van der Waals surface area contributed by atoms with Gasteiger partial charge in [-0.05, 0) is 48.9 Å². The zero-order valence-electron chi connectivity index (χ0n) is 13.9. The fourth-order valence-electron chi connectivity index (χ4n) is 3.60. The second kappa shape index (κ2) is 6.15. The molecule has 0 fully saturated rings. The molecule has 1 aliphatic rings. The largest absolute Gasteiger partial charge is 0.361 e. The summed E-state index contributed by atoms with van der Waals surface area (Å²) in [5, 5.41) is 11.4. The summed E-state index contributed by atoms with van der Waals surface area (Å²) in [5.74, 6) is 0.217. The van der Waals surface area contributed by atoms with Crippen LogP contribution < -0.4 is 5.32 Å². The van der Waals surface area contributed by atoms with Gasteiger partial charge in [0.25, 0.3) is 0 Å².